The third-order valence-electron chi connectivity index (χ3n) is 4.95. The van der Waals surface area contributed by atoms with E-state index >= 15 is 0 Å². The van der Waals surface area contributed by atoms with E-state index in [4.69, 9.17) is 0 Å². The van der Waals surface area contributed by atoms with Crippen molar-refractivity contribution in [3.63, 3.8) is 0 Å². The Morgan fingerprint density at radius 3 is 2.45 bits per heavy atom. The van der Waals surface area contributed by atoms with Crippen molar-refractivity contribution in [2.75, 3.05) is 5.75 Å². The maximum absolute atomic E-state index is 12.3. The quantitative estimate of drug-likeness (QED) is 0.815. The van der Waals surface area contributed by atoms with E-state index in [1.807, 2.05) is 0 Å². The van der Waals surface area contributed by atoms with Gasteiger partial charge >= 0.3 is 5.97 Å². The normalized spacial score (nSPS) is 32.4. The maximum atomic E-state index is 12.3. The lowest BCUT2D eigenvalue weighted by Gasteiger charge is -2.29. The lowest BCUT2D eigenvalue weighted by Crippen LogP contribution is -2.48. The average molecular weight is 303 g/mol. The molecule has 2 N–H and O–H groups in total. The number of nitrogens with one attached hydrogen (secondary N) is 1. The van der Waals surface area contributed by atoms with Gasteiger partial charge in [-0.15, -0.1) is 0 Å². The zero-order valence-electron chi connectivity index (χ0n) is 12.1. The summed E-state index contributed by atoms with van der Waals surface area (Å²) in [5.74, 6) is -0.516. The van der Waals surface area contributed by atoms with Gasteiger partial charge < -0.3 is 5.11 Å². The molecule has 0 radical (unpaired) electrons. The molecule has 0 spiro atoms. The van der Waals surface area contributed by atoms with Gasteiger partial charge in [-0.1, -0.05) is 25.7 Å². The molecule has 5 nitrogen and oxygen atoms in total. The fourth-order valence-corrected chi connectivity index (χ4v) is 5.40. The van der Waals surface area contributed by atoms with Crippen molar-refractivity contribution >= 4 is 16.0 Å². The first-order valence-electron chi connectivity index (χ1n) is 7.57. The number of hydrogen-bond donors (Lipinski definition) is 2. The van der Waals surface area contributed by atoms with Crippen molar-refractivity contribution in [2.45, 2.75) is 64.3 Å². The minimum absolute atomic E-state index is 0.152. The lowest BCUT2D eigenvalue weighted by atomic mass is 9.85. The van der Waals surface area contributed by atoms with E-state index in [0.29, 0.717) is 12.8 Å². The van der Waals surface area contributed by atoms with Crippen LogP contribution in [-0.4, -0.2) is 31.3 Å². The molecule has 0 amide bonds. The minimum atomic E-state index is -3.38. The Hall–Kier alpha value is -0.620. The summed E-state index contributed by atoms with van der Waals surface area (Å²) >= 11 is 0. The van der Waals surface area contributed by atoms with Crippen LogP contribution < -0.4 is 4.72 Å². The second-order valence-corrected chi connectivity index (χ2v) is 8.37. The number of aliphatic carboxylic acids is 1. The Morgan fingerprint density at radius 2 is 1.85 bits per heavy atom. The van der Waals surface area contributed by atoms with Gasteiger partial charge in [-0.25, -0.2) is 13.1 Å². The molecule has 2 aliphatic carbocycles. The van der Waals surface area contributed by atoms with Crippen LogP contribution in [0.3, 0.4) is 0 Å². The minimum Gasteiger partial charge on any atom is -0.481 e. The molecule has 0 saturated heterocycles. The summed E-state index contributed by atoms with van der Waals surface area (Å²) in [7, 11) is -3.38. The van der Waals surface area contributed by atoms with Crippen LogP contribution in [-0.2, 0) is 14.8 Å². The molecule has 0 aliphatic heterocycles. The standard InChI is InChI=1S/C14H25NO4S/c1-14(13(16)17)9-5-8-12(14)15-20(18,19)10-11-6-3-2-4-7-11/h11-12,15H,2-10H2,1H3,(H,16,17). The van der Waals surface area contributed by atoms with E-state index in [0.717, 1.165) is 32.1 Å². The fourth-order valence-electron chi connectivity index (χ4n) is 3.54. The highest BCUT2D eigenvalue weighted by molar-refractivity contribution is 7.89. The van der Waals surface area contributed by atoms with Crippen molar-refractivity contribution < 1.29 is 18.3 Å². The van der Waals surface area contributed by atoms with E-state index in [1.165, 1.54) is 6.42 Å². The lowest BCUT2D eigenvalue weighted by molar-refractivity contribution is -0.148. The average Bonchev–Trinajstić information content (AvgIpc) is 2.72. The summed E-state index contributed by atoms with van der Waals surface area (Å²) in [6.07, 6.45) is 7.28. The predicted molar refractivity (Wildman–Crippen MR) is 76.9 cm³/mol. The Kier molecular flexibility index (Phi) is 4.74. The zero-order chi connectivity index (χ0) is 14.8. The van der Waals surface area contributed by atoms with E-state index in [1.54, 1.807) is 6.92 Å². The topological polar surface area (TPSA) is 83.5 Å². The molecule has 116 valence electrons. The first-order valence-corrected chi connectivity index (χ1v) is 9.22. The molecular weight excluding hydrogens is 278 g/mol. The van der Waals surface area contributed by atoms with Gasteiger partial charge in [-0.3, -0.25) is 4.79 Å². The molecule has 0 bridgehead atoms. The number of carbonyl (C=O) groups is 1. The first-order chi connectivity index (χ1) is 9.33. The van der Waals surface area contributed by atoms with Gasteiger partial charge in [0.25, 0.3) is 0 Å². The summed E-state index contributed by atoms with van der Waals surface area (Å²) in [4.78, 5) is 11.4. The van der Waals surface area contributed by atoms with Crippen LogP contribution in [0.25, 0.3) is 0 Å². The molecule has 20 heavy (non-hydrogen) atoms. The molecular formula is C14H25NO4S. The van der Waals surface area contributed by atoms with Crippen LogP contribution in [0.1, 0.15) is 58.3 Å². The van der Waals surface area contributed by atoms with Gasteiger partial charge in [0.2, 0.25) is 10.0 Å². The smallest absolute Gasteiger partial charge is 0.310 e. The number of carboxylic acid groups (broad SMARTS) is 1. The van der Waals surface area contributed by atoms with Crippen molar-refractivity contribution in [3.05, 3.63) is 0 Å². The predicted octanol–water partition coefficient (Wildman–Crippen LogP) is 2.13. The zero-order valence-corrected chi connectivity index (χ0v) is 12.9. The summed E-state index contributed by atoms with van der Waals surface area (Å²) in [5.41, 5.74) is -0.959. The van der Waals surface area contributed by atoms with Crippen molar-refractivity contribution in [3.8, 4) is 0 Å². The van der Waals surface area contributed by atoms with Gasteiger partial charge in [0.15, 0.2) is 0 Å². The molecule has 0 aromatic rings. The second-order valence-electron chi connectivity index (χ2n) is 6.57. The van der Waals surface area contributed by atoms with Gasteiger partial charge in [0.05, 0.1) is 11.2 Å². The molecule has 2 fully saturated rings. The van der Waals surface area contributed by atoms with E-state index in [-0.39, 0.29) is 11.7 Å². The van der Waals surface area contributed by atoms with E-state index < -0.39 is 27.4 Å². The molecule has 2 rings (SSSR count). The molecule has 0 aromatic heterocycles. The molecule has 2 aliphatic rings. The largest absolute Gasteiger partial charge is 0.481 e. The summed E-state index contributed by atoms with van der Waals surface area (Å²) in [6, 6.07) is -0.464. The highest BCUT2D eigenvalue weighted by Gasteiger charge is 2.46. The van der Waals surface area contributed by atoms with Gasteiger partial charge in [-0.2, -0.15) is 0 Å². The van der Waals surface area contributed by atoms with Crippen LogP contribution in [0, 0.1) is 11.3 Å². The van der Waals surface area contributed by atoms with Crippen LogP contribution >= 0.6 is 0 Å². The van der Waals surface area contributed by atoms with Crippen molar-refractivity contribution in [1.82, 2.24) is 4.72 Å². The SMILES string of the molecule is CC1(C(=O)O)CCCC1NS(=O)(=O)CC1CCCCC1. The number of sulfonamides is 1. The Morgan fingerprint density at radius 1 is 1.20 bits per heavy atom. The van der Waals surface area contributed by atoms with Crippen LogP contribution in [0.2, 0.25) is 0 Å². The van der Waals surface area contributed by atoms with Crippen LogP contribution in [0.15, 0.2) is 0 Å². The monoisotopic (exact) mass is 303 g/mol. The van der Waals surface area contributed by atoms with Gasteiger partial charge in [-0.05, 0) is 38.5 Å². The van der Waals surface area contributed by atoms with Crippen LogP contribution in [0.4, 0.5) is 0 Å². The third-order valence-corrected chi connectivity index (χ3v) is 6.50. The van der Waals surface area contributed by atoms with Gasteiger partial charge in [0, 0.05) is 6.04 Å². The Labute approximate surface area is 121 Å². The van der Waals surface area contributed by atoms with Gasteiger partial charge in [0.1, 0.15) is 0 Å². The van der Waals surface area contributed by atoms with Crippen LogP contribution in [0.5, 0.6) is 0 Å². The molecule has 0 aromatic carbocycles. The van der Waals surface area contributed by atoms with E-state index in [9.17, 15) is 18.3 Å². The maximum Gasteiger partial charge on any atom is 0.310 e. The first kappa shape index (κ1) is 15.8. The number of rotatable bonds is 5. The second kappa shape index (κ2) is 6.02. The summed E-state index contributed by atoms with van der Waals surface area (Å²) in [5, 5.41) is 9.33. The van der Waals surface area contributed by atoms with Crippen molar-refractivity contribution in [2.24, 2.45) is 11.3 Å². The highest BCUT2D eigenvalue weighted by Crippen LogP contribution is 2.38. The molecule has 6 heteroatoms. The van der Waals surface area contributed by atoms with E-state index in [2.05, 4.69) is 4.72 Å². The molecule has 2 unspecified atom stereocenters. The third kappa shape index (κ3) is 3.52. The number of carboxylic acids is 1. The highest BCUT2D eigenvalue weighted by atomic mass is 32.2. The Bertz CT molecular complexity index is 456. The Balaban J connectivity index is 1.98. The molecule has 0 heterocycles. The fraction of sp³-hybridized carbons (Fsp3) is 0.929. The molecule has 2 saturated carbocycles. The summed E-state index contributed by atoms with van der Waals surface area (Å²) in [6.45, 7) is 1.65. The molecule has 2 atom stereocenters. The number of hydrogen-bond acceptors (Lipinski definition) is 3. The van der Waals surface area contributed by atoms with Crippen molar-refractivity contribution in [1.29, 1.82) is 0 Å². The summed E-state index contributed by atoms with van der Waals surface area (Å²) < 4.78 is 27.2.